The smallest absolute Gasteiger partial charge is 0.125 e. The van der Waals surface area contributed by atoms with Crippen LogP contribution in [-0.4, -0.2) is 40.0 Å². The van der Waals surface area contributed by atoms with Crippen LogP contribution >= 0.6 is 23.2 Å². The maximum Gasteiger partial charge on any atom is 0.125 e. The number of fused-ring (bicyclic) bond motifs is 1. The van der Waals surface area contributed by atoms with Crippen molar-refractivity contribution in [3.05, 3.63) is 63.1 Å². The number of hydrogen-bond acceptors (Lipinski definition) is 3. The van der Waals surface area contributed by atoms with Crippen molar-refractivity contribution in [2.45, 2.75) is 43.2 Å². The van der Waals surface area contributed by atoms with Gasteiger partial charge in [-0.05, 0) is 68.3 Å². The summed E-state index contributed by atoms with van der Waals surface area (Å²) in [6, 6.07) is 11.6. The molecule has 0 aliphatic carbocycles. The van der Waals surface area contributed by atoms with Crippen molar-refractivity contribution >= 4 is 34.2 Å². The van der Waals surface area contributed by atoms with Crippen LogP contribution in [0.2, 0.25) is 10.0 Å². The number of nitrogens with one attached hydrogen (secondary N) is 1. The Balaban J connectivity index is 1.94. The second-order valence-electron chi connectivity index (χ2n) is 8.01. The number of likely N-dealkylation sites (N-methyl/N-ethyl adjacent to an activating group) is 1. The van der Waals surface area contributed by atoms with Crippen LogP contribution in [-0.2, 0) is 17.5 Å². The van der Waals surface area contributed by atoms with E-state index in [0.29, 0.717) is 21.4 Å². The largest absolute Gasteiger partial charge is 0.396 e. The highest BCUT2D eigenvalue weighted by atomic mass is 35.5. The van der Waals surface area contributed by atoms with E-state index in [9.17, 15) is 9.32 Å². The number of halogens is 2. The van der Waals surface area contributed by atoms with E-state index in [1.54, 1.807) is 6.07 Å². The highest BCUT2D eigenvalue weighted by Gasteiger charge is 2.28. The predicted molar refractivity (Wildman–Crippen MR) is 116 cm³/mol. The highest BCUT2D eigenvalue weighted by Crippen LogP contribution is 2.38. The minimum absolute atomic E-state index is 0.0456. The summed E-state index contributed by atoms with van der Waals surface area (Å²) in [6.45, 7) is 5.53. The minimum Gasteiger partial charge on any atom is -0.396 e. The number of hydrogen-bond donors (Lipinski definition) is 2. The molecule has 2 aromatic rings. The Morgan fingerprint density at radius 3 is 2.75 bits per heavy atom. The average Bonchev–Trinajstić information content (AvgIpc) is 2.61. The molecule has 0 bridgehead atoms. The molecule has 1 heterocycles. The van der Waals surface area contributed by atoms with E-state index in [4.69, 9.17) is 23.2 Å². The van der Waals surface area contributed by atoms with Gasteiger partial charge in [0.15, 0.2) is 0 Å². The van der Waals surface area contributed by atoms with Crippen molar-refractivity contribution < 1.29 is 9.32 Å². The van der Waals surface area contributed by atoms with Gasteiger partial charge in [0.2, 0.25) is 0 Å². The molecule has 0 radical (unpaired) electrons. The van der Waals surface area contributed by atoms with Gasteiger partial charge in [-0.3, -0.25) is 0 Å². The Morgan fingerprint density at radius 1 is 1.29 bits per heavy atom. The van der Waals surface area contributed by atoms with Gasteiger partial charge >= 0.3 is 0 Å². The second-order valence-corrected chi connectivity index (χ2v) is 10.1. The van der Waals surface area contributed by atoms with E-state index in [1.807, 2.05) is 38.1 Å². The molecule has 2 atom stereocenters. The lowest BCUT2D eigenvalue weighted by molar-refractivity contribution is 0.247. The molecule has 2 unspecified atom stereocenters. The topological polar surface area (TPSA) is 52.6 Å². The fourth-order valence-corrected chi connectivity index (χ4v) is 5.35. The van der Waals surface area contributed by atoms with Crippen LogP contribution in [0.3, 0.4) is 0 Å². The maximum atomic E-state index is 12.9. The van der Waals surface area contributed by atoms with Gasteiger partial charge in [-0.25, -0.2) is 8.93 Å². The predicted octanol–water partition coefficient (Wildman–Crippen LogP) is 4.34. The summed E-state index contributed by atoms with van der Waals surface area (Å²) in [4.78, 5) is 2.95. The number of benzene rings is 2. The lowest BCUT2D eigenvalue weighted by atomic mass is 9.85. The van der Waals surface area contributed by atoms with Crippen LogP contribution in [0, 0.1) is 0 Å². The van der Waals surface area contributed by atoms with E-state index >= 15 is 0 Å². The van der Waals surface area contributed by atoms with Gasteiger partial charge in [-0.15, -0.1) is 0 Å². The molecule has 0 amide bonds. The Kier molecular flexibility index (Phi) is 6.85. The Bertz CT molecular complexity index is 889. The molecule has 0 fully saturated rings. The fourth-order valence-electron chi connectivity index (χ4n) is 3.62. The molecular weight excluding hydrogens is 415 g/mol. The summed E-state index contributed by atoms with van der Waals surface area (Å²) in [5.74, 6) is 0.104. The molecule has 3 rings (SSSR count). The third-order valence-corrected chi connectivity index (χ3v) is 7.05. The number of rotatable bonds is 6. The molecule has 0 aromatic heterocycles. The summed E-state index contributed by atoms with van der Waals surface area (Å²) >= 11 is 12.7. The zero-order chi connectivity index (χ0) is 20.5. The molecule has 1 aliphatic heterocycles. The Hall–Kier alpha value is -0.950. The van der Waals surface area contributed by atoms with Gasteiger partial charge in [0, 0.05) is 41.2 Å². The molecule has 0 spiro atoms. The summed E-state index contributed by atoms with van der Waals surface area (Å²) < 4.78 is 16.0. The van der Waals surface area contributed by atoms with Gasteiger partial charge in [0.05, 0.1) is 4.90 Å². The summed E-state index contributed by atoms with van der Waals surface area (Å²) in [5, 5.41) is 10.5. The van der Waals surface area contributed by atoms with Crippen molar-refractivity contribution in [2.75, 3.05) is 20.2 Å². The third kappa shape index (κ3) is 4.96. The molecule has 28 heavy (non-hydrogen) atoms. The third-order valence-electron chi connectivity index (χ3n) is 5.07. The van der Waals surface area contributed by atoms with Crippen LogP contribution in [0.1, 0.15) is 42.9 Å². The SMILES string of the molecule is CN1Cc2c(Cl)cc(Cl)cc2C(c2cccc(S(=O)NC(C)(C)CCO)c2)C1. The molecule has 7 heteroatoms. The molecule has 0 saturated carbocycles. The average molecular weight is 441 g/mol. The van der Waals surface area contributed by atoms with Crippen molar-refractivity contribution in [1.29, 1.82) is 0 Å². The Morgan fingerprint density at radius 2 is 2.04 bits per heavy atom. The molecule has 0 saturated heterocycles. The molecule has 152 valence electrons. The second kappa shape index (κ2) is 8.82. The molecular formula is C21H26Cl2N2O2S. The monoisotopic (exact) mass is 440 g/mol. The summed E-state index contributed by atoms with van der Waals surface area (Å²) in [5.41, 5.74) is 2.89. The van der Waals surface area contributed by atoms with Crippen molar-refractivity contribution in [3.8, 4) is 0 Å². The quantitative estimate of drug-likeness (QED) is 0.701. The maximum absolute atomic E-state index is 12.9. The number of aliphatic hydroxyl groups is 1. The fraction of sp³-hybridized carbons (Fsp3) is 0.429. The zero-order valence-electron chi connectivity index (χ0n) is 16.3. The highest BCUT2D eigenvalue weighted by molar-refractivity contribution is 7.83. The van der Waals surface area contributed by atoms with Crippen LogP contribution in [0.5, 0.6) is 0 Å². The van der Waals surface area contributed by atoms with Crippen molar-refractivity contribution in [1.82, 2.24) is 9.62 Å². The van der Waals surface area contributed by atoms with E-state index < -0.39 is 16.5 Å². The van der Waals surface area contributed by atoms with Crippen LogP contribution in [0.4, 0.5) is 0 Å². The standard InChI is InChI=1S/C21H26Cl2N2O2S/c1-21(2,7-8-26)24-28(27)16-6-4-5-14(9-16)18-12-25(3)13-19-17(18)10-15(22)11-20(19)23/h4-6,9-11,18,24,26H,7-8,12-13H2,1-3H3. The molecule has 4 nitrogen and oxygen atoms in total. The van der Waals surface area contributed by atoms with Crippen molar-refractivity contribution in [2.24, 2.45) is 0 Å². The minimum atomic E-state index is -1.37. The van der Waals surface area contributed by atoms with E-state index in [1.165, 1.54) is 0 Å². The van der Waals surface area contributed by atoms with Gasteiger partial charge in [-0.1, -0.05) is 35.3 Å². The van der Waals surface area contributed by atoms with Gasteiger partial charge < -0.3 is 10.0 Å². The number of aliphatic hydroxyl groups excluding tert-OH is 1. The number of nitrogens with zero attached hydrogens (tertiary/aromatic N) is 1. The van der Waals surface area contributed by atoms with Gasteiger partial charge in [0.1, 0.15) is 11.0 Å². The normalized spacial score (nSPS) is 18.7. The molecule has 2 N–H and O–H groups in total. The zero-order valence-corrected chi connectivity index (χ0v) is 18.7. The first-order chi connectivity index (χ1) is 13.2. The van der Waals surface area contributed by atoms with Crippen molar-refractivity contribution in [3.63, 3.8) is 0 Å². The first-order valence-corrected chi connectivity index (χ1v) is 11.2. The summed E-state index contributed by atoms with van der Waals surface area (Å²) in [7, 11) is 0.700. The summed E-state index contributed by atoms with van der Waals surface area (Å²) in [6.07, 6.45) is 0.524. The molecule has 1 aliphatic rings. The lowest BCUT2D eigenvalue weighted by Gasteiger charge is -2.33. The first-order valence-electron chi connectivity index (χ1n) is 9.27. The van der Waals surface area contributed by atoms with Crippen LogP contribution < -0.4 is 4.72 Å². The van der Waals surface area contributed by atoms with E-state index in [-0.39, 0.29) is 12.5 Å². The van der Waals surface area contributed by atoms with Gasteiger partial charge in [0.25, 0.3) is 0 Å². The van der Waals surface area contributed by atoms with E-state index in [0.717, 1.165) is 29.8 Å². The molecule has 2 aromatic carbocycles. The first kappa shape index (κ1) is 21.8. The van der Waals surface area contributed by atoms with Gasteiger partial charge in [-0.2, -0.15) is 0 Å². The van der Waals surface area contributed by atoms with E-state index in [2.05, 4.69) is 22.7 Å². The van der Waals surface area contributed by atoms with Crippen LogP contribution in [0.15, 0.2) is 41.3 Å². The van der Waals surface area contributed by atoms with Crippen LogP contribution in [0.25, 0.3) is 0 Å². The lowest BCUT2D eigenvalue weighted by Crippen LogP contribution is -2.41. The Labute approximate surface area is 179 Å².